The molecule has 0 saturated carbocycles. The number of rotatable bonds is 4. The van der Waals surface area contributed by atoms with Crippen LogP contribution in [0.5, 0.6) is 5.75 Å². The van der Waals surface area contributed by atoms with Crippen LogP contribution in [0.2, 0.25) is 0 Å². The first-order valence-electron chi connectivity index (χ1n) is 6.76. The molecule has 0 spiro atoms. The summed E-state index contributed by atoms with van der Waals surface area (Å²) in [5.74, 6) is 2.27. The van der Waals surface area contributed by atoms with Crippen molar-refractivity contribution in [3.63, 3.8) is 0 Å². The maximum Gasteiger partial charge on any atom is 0.121 e. The van der Waals surface area contributed by atoms with E-state index < -0.39 is 0 Å². The smallest absolute Gasteiger partial charge is 0.121 e. The summed E-state index contributed by atoms with van der Waals surface area (Å²) < 4.78 is 9.25. The average Bonchev–Trinajstić information content (AvgIpc) is 2.97. The number of nitrogens with zero attached hydrogens (tertiary/aromatic N) is 4. The Kier molecular flexibility index (Phi) is 3.59. The first-order valence-corrected chi connectivity index (χ1v) is 7.29. The number of aromatic nitrogens is 4. The van der Waals surface area contributed by atoms with Gasteiger partial charge in [-0.15, -0.1) is 11.6 Å². The lowest BCUT2D eigenvalue weighted by molar-refractivity contribution is 0.415. The zero-order valence-corrected chi connectivity index (χ0v) is 13.1. The number of aryl methyl sites for hydroxylation is 3. The van der Waals surface area contributed by atoms with Crippen molar-refractivity contribution in [1.29, 1.82) is 0 Å². The average molecular weight is 305 g/mol. The molecule has 0 amide bonds. The van der Waals surface area contributed by atoms with Crippen LogP contribution >= 0.6 is 11.6 Å². The van der Waals surface area contributed by atoms with E-state index in [2.05, 4.69) is 9.67 Å². The number of imidazole rings is 1. The molecule has 0 atom stereocenters. The molecule has 2 aromatic heterocycles. The minimum absolute atomic E-state index is 0.528. The van der Waals surface area contributed by atoms with Gasteiger partial charge in [-0.05, 0) is 19.1 Å². The quantitative estimate of drug-likeness (QED) is 0.696. The lowest BCUT2D eigenvalue weighted by atomic mass is 10.3. The molecule has 110 valence electrons. The van der Waals surface area contributed by atoms with Gasteiger partial charge >= 0.3 is 0 Å². The van der Waals surface area contributed by atoms with Gasteiger partial charge in [-0.25, -0.2) is 4.98 Å². The molecule has 0 aliphatic heterocycles. The Balaban J connectivity index is 2.30. The molecule has 0 fully saturated rings. The van der Waals surface area contributed by atoms with Crippen LogP contribution < -0.4 is 4.74 Å². The molecule has 0 radical (unpaired) electrons. The normalized spacial score (nSPS) is 11.2. The summed E-state index contributed by atoms with van der Waals surface area (Å²) in [6.45, 7) is 1.99. The summed E-state index contributed by atoms with van der Waals surface area (Å²) in [6.07, 6.45) is 2.69. The predicted octanol–water partition coefficient (Wildman–Crippen LogP) is 2.86. The van der Waals surface area contributed by atoms with Crippen molar-refractivity contribution in [2.24, 2.45) is 7.05 Å². The SMILES string of the molecule is COc1ccc2nc(CCCl)n(-c3cn(C)nc3C)c2c1. The van der Waals surface area contributed by atoms with E-state index >= 15 is 0 Å². The van der Waals surface area contributed by atoms with Crippen LogP contribution in [0.1, 0.15) is 11.5 Å². The first kappa shape index (κ1) is 13.9. The number of hydrogen-bond acceptors (Lipinski definition) is 3. The lowest BCUT2D eigenvalue weighted by Gasteiger charge is -2.07. The molecule has 0 aliphatic carbocycles. The molecule has 0 aliphatic rings. The Morgan fingerprint density at radius 2 is 2.14 bits per heavy atom. The van der Waals surface area contributed by atoms with Crippen LogP contribution in [0.25, 0.3) is 16.7 Å². The second-order valence-electron chi connectivity index (χ2n) is 4.93. The first-order chi connectivity index (χ1) is 10.1. The zero-order chi connectivity index (χ0) is 15.0. The predicted molar refractivity (Wildman–Crippen MR) is 83.5 cm³/mol. The molecular formula is C15H17ClN4O. The van der Waals surface area contributed by atoms with Gasteiger partial charge in [0.25, 0.3) is 0 Å². The number of ether oxygens (including phenoxy) is 1. The Morgan fingerprint density at radius 3 is 2.76 bits per heavy atom. The van der Waals surface area contributed by atoms with Gasteiger partial charge in [-0.3, -0.25) is 9.25 Å². The zero-order valence-electron chi connectivity index (χ0n) is 12.3. The molecule has 3 rings (SSSR count). The van der Waals surface area contributed by atoms with Crippen LogP contribution in [0, 0.1) is 6.92 Å². The maximum atomic E-state index is 5.93. The fourth-order valence-electron chi connectivity index (χ4n) is 2.56. The fourth-order valence-corrected chi connectivity index (χ4v) is 2.73. The fraction of sp³-hybridized carbons (Fsp3) is 0.333. The van der Waals surface area contributed by atoms with Crippen molar-refractivity contribution >= 4 is 22.6 Å². The highest BCUT2D eigenvalue weighted by atomic mass is 35.5. The van der Waals surface area contributed by atoms with Crippen LogP contribution in [0.15, 0.2) is 24.4 Å². The highest BCUT2D eigenvalue weighted by molar-refractivity contribution is 6.17. The summed E-state index contributed by atoms with van der Waals surface area (Å²) in [4.78, 5) is 4.69. The van der Waals surface area contributed by atoms with Gasteiger partial charge in [0.2, 0.25) is 0 Å². The summed E-state index contributed by atoms with van der Waals surface area (Å²) in [5, 5.41) is 4.42. The van der Waals surface area contributed by atoms with Crippen LogP contribution in [0.3, 0.4) is 0 Å². The minimum atomic E-state index is 0.528. The van der Waals surface area contributed by atoms with Crippen molar-refractivity contribution in [3.05, 3.63) is 35.9 Å². The molecule has 21 heavy (non-hydrogen) atoms. The monoisotopic (exact) mass is 304 g/mol. The second kappa shape index (κ2) is 5.41. The highest BCUT2D eigenvalue weighted by Crippen LogP contribution is 2.27. The Morgan fingerprint density at radius 1 is 1.33 bits per heavy atom. The molecule has 0 bridgehead atoms. The summed E-state index contributed by atoms with van der Waals surface area (Å²) in [7, 11) is 3.58. The molecule has 6 heteroatoms. The van der Waals surface area contributed by atoms with E-state index in [0.717, 1.165) is 34.0 Å². The molecule has 1 aromatic carbocycles. The Hall–Kier alpha value is -2.01. The Labute approximate surface area is 128 Å². The van der Waals surface area contributed by atoms with Crippen molar-refractivity contribution in [2.75, 3.05) is 13.0 Å². The van der Waals surface area contributed by atoms with Crippen LogP contribution in [-0.2, 0) is 13.5 Å². The number of alkyl halides is 1. The molecule has 3 aromatic rings. The largest absolute Gasteiger partial charge is 0.497 e. The van der Waals surface area contributed by atoms with E-state index in [0.29, 0.717) is 12.3 Å². The van der Waals surface area contributed by atoms with Crippen molar-refractivity contribution in [3.8, 4) is 11.4 Å². The topological polar surface area (TPSA) is 44.9 Å². The van der Waals surface area contributed by atoms with Crippen molar-refractivity contribution < 1.29 is 4.74 Å². The third-order valence-electron chi connectivity index (χ3n) is 3.48. The van der Waals surface area contributed by atoms with E-state index in [1.54, 1.807) is 11.8 Å². The molecule has 5 nitrogen and oxygen atoms in total. The van der Waals surface area contributed by atoms with Gasteiger partial charge in [-0.2, -0.15) is 5.10 Å². The third-order valence-corrected chi connectivity index (χ3v) is 3.67. The number of fused-ring (bicyclic) bond motifs is 1. The number of methoxy groups -OCH3 is 1. The second-order valence-corrected chi connectivity index (χ2v) is 5.31. The minimum Gasteiger partial charge on any atom is -0.497 e. The standard InChI is InChI=1S/C15H17ClN4O/c1-10-14(9-19(2)18-10)20-13-8-11(21-3)4-5-12(13)17-15(20)6-7-16/h4-5,8-9H,6-7H2,1-3H3. The molecule has 0 N–H and O–H groups in total. The van der Waals surface area contributed by atoms with Gasteiger partial charge in [0, 0.05) is 31.6 Å². The van der Waals surface area contributed by atoms with Crippen LogP contribution in [-0.4, -0.2) is 32.3 Å². The van der Waals surface area contributed by atoms with Gasteiger partial charge < -0.3 is 4.74 Å². The highest BCUT2D eigenvalue weighted by Gasteiger charge is 2.16. The van der Waals surface area contributed by atoms with E-state index in [-0.39, 0.29) is 0 Å². The van der Waals surface area contributed by atoms with Gasteiger partial charge in [-0.1, -0.05) is 0 Å². The summed E-state index contributed by atoms with van der Waals surface area (Å²) in [5.41, 5.74) is 3.91. The van der Waals surface area contributed by atoms with Crippen molar-refractivity contribution in [2.45, 2.75) is 13.3 Å². The third kappa shape index (κ3) is 2.38. The number of halogens is 1. The number of benzene rings is 1. The molecule has 0 saturated heterocycles. The van der Waals surface area contributed by atoms with E-state index in [1.807, 2.05) is 38.4 Å². The van der Waals surface area contributed by atoms with Crippen LogP contribution in [0.4, 0.5) is 0 Å². The van der Waals surface area contributed by atoms with E-state index in [4.69, 9.17) is 21.3 Å². The van der Waals surface area contributed by atoms with Gasteiger partial charge in [0.05, 0.1) is 29.5 Å². The molecule has 0 unspecified atom stereocenters. The van der Waals surface area contributed by atoms with E-state index in [9.17, 15) is 0 Å². The van der Waals surface area contributed by atoms with Crippen molar-refractivity contribution in [1.82, 2.24) is 19.3 Å². The maximum absolute atomic E-state index is 5.93. The lowest BCUT2D eigenvalue weighted by Crippen LogP contribution is -2.02. The van der Waals surface area contributed by atoms with Gasteiger partial charge in [0.15, 0.2) is 0 Å². The van der Waals surface area contributed by atoms with E-state index in [1.165, 1.54) is 0 Å². The Bertz CT molecular complexity index is 790. The molecule has 2 heterocycles. The number of hydrogen-bond donors (Lipinski definition) is 0. The van der Waals surface area contributed by atoms with Gasteiger partial charge in [0.1, 0.15) is 11.6 Å². The summed E-state index contributed by atoms with van der Waals surface area (Å²) >= 11 is 5.93. The molecular weight excluding hydrogens is 288 g/mol. The summed E-state index contributed by atoms with van der Waals surface area (Å²) in [6, 6.07) is 5.88.